The number of halogens is 6. The van der Waals surface area contributed by atoms with Crippen LogP contribution < -0.4 is 0 Å². The number of aromatic nitrogens is 4. The molecule has 1 saturated carbocycles. The fraction of sp³-hybridized carbons (Fsp3) is 0.400. The SMILES string of the molecule is OC(Cc1nc(Br)c(CC2(C(F)(F)F)CC2)[nH]1)(c1ccc(-n2cccn2)cc1)C(F)F. The topological polar surface area (TPSA) is 66.7 Å². The summed E-state index contributed by atoms with van der Waals surface area (Å²) in [6.07, 6.45) is -5.14. The van der Waals surface area contributed by atoms with E-state index in [1.165, 1.54) is 16.8 Å². The van der Waals surface area contributed by atoms with Crippen molar-refractivity contribution in [2.24, 2.45) is 5.41 Å². The Morgan fingerprint density at radius 2 is 1.87 bits per heavy atom. The number of hydrogen-bond donors (Lipinski definition) is 2. The van der Waals surface area contributed by atoms with Crippen molar-refractivity contribution in [3.05, 3.63) is 64.4 Å². The standard InChI is InChI=1S/C20H18BrF5N4O/c21-16-14(10-18(6-7-18)20(24,25)26)28-15(29-16)11-19(31,17(22)23)12-2-4-13(5-3-12)30-9-1-8-27-30/h1-5,8-9,17,31H,6-7,10-11H2,(H,28,29). The van der Waals surface area contributed by atoms with Gasteiger partial charge in [0.15, 0.2) is 5.60 Å². The van der Waals surface area contributed by atoms with E-state index in [1.54, 1.807) is 30.6 Å². The van der Waals surface area contributed by atoms with Gasteiger partial charge in [0.05, 0.1) is 16.8 Å². The first-order valence-corrected chi connectivity index (χ1v) is 10.2. The van der Waals surface area contributed by atoms with Crippen molar-refractivity contribution < 1.29 is 27.1 Å². The molecule has 31 heavy (non-hydrogen) atoms. The Morgan fingerprint density at radius 1 is 1.19 bits per heavy atom. The number of alkyl halides is 5. The number of rotatable bonds is 7. The highest BCUT2D eigenvalue weighted by Gasteiger charge is 2.63. The Bertz CT molecular complexity index is 1040. The Hall–Kier alpha value is -2.27. The van der Waals surface area contributed by atoms with E-state index in [0.717, 1.165) is 0 Å². The maximum atomic E-state index is 13.9. The molecule has 3 aromatic rings. The van der Waals surface area contributed by atoms with Gasteiger partial charge in [-0.1, -0.05) is 12.1 Å². The van der Waals surface area contributed by atoms with Gasteiger partial charge in [0, 0.05) is 25.2 Å². The third kappa shape index (κ3) is 4.12. The summed E-state index contributed by atoms with van der Waals surface area (Å²) in [5.74, 6) is -0.0289. The lowest BCUT2D eigenvalue weighted by Crippen LogP contribution is -2.37. The summed E-state index contributed by atoms with van der Waals surface area (Å²) in [5, 5.41) is 14.8. The van der Waals surface area contributed by atoms with Crippen LogP contribution >= 0.6 is 15.9 Å². The minimum absolute atomic E-state index is 0.0147. The summed E-state index contributed by atoms with van der Waals surface area (Å²) < 4.78 is 69.2. The number of nitrogens with zero attached hydrogens (tertiary/aromatic N) is 3. The molecule has 0 aliphatic heterocycles. The Labute approximate surface area is 182 Å². The normalized spacial score (nSPS) is 17.7. The van der Waals surface area contributed by atoms with E-state index in [-0.39, 0.29) is 40.9 Å². The van der Waals surface area contributed by atoms with Crippen molar-refractivity contribution in [3.8, 4) is 5.69 Å². The number of H-pyrrole nitrogens is 1. The lowest BCUT2D eigenvalue weighted by atomic mass is 9.90. The number of benzene rings is 1. The molecule has 1 atom stereocenters. The molecule has 0 spiro atoms. The van der Waals surface area contributed by atoms with Gasteiger partial charge in [-0.05, 0) is 52.5 Å². The molecule has 11 heteroatoms. The molecule has 5 nitrogen and oxygen atoms in total. The number of hydrogen-bond acceptors (Lipinski definition) is 3. The Balaban J connectivity index is 1.57. The van der Waals surface area contributed by atoms with Gasteiger partial charge in [-0.2, -0.15) is 18.3 Å². The van der Waals surface area contributed by atoms with E-state index in [1.807, 2.05) is 0 Å². The number of aromatic amines is 1. The average Bonchev–Trinajstić information content (AvgIpc) is 3.15. The molecule has 1 aliphatic rings. The molecule has 0 saturated heterocycles. The lowest BCUT2D eigenvalue weighted by Gasteiger charge is -2.27. The van der Waals surface area contributed by atoms with Gasteiger partial charge in [-0.15, -0.1) is 0 Å². The molecule has 4 rings (SSSR count). The van der Waals surface area contributed by atoms with Crippen LogP contribution in [0.25, 0.3) is 5.69 Å². The summed E-state index contributed by atoms with van der Waals surface area (Å²) in [6, 6.07) is 7.52. The van der Waals surface area contributed by atoms with Crippen LogP contribution in [0.15, 0.2) is 47.3 Å². The Morgan fingerprint density at radius 3 is 2.39 bits per heavy atom. The second kappa shape index (κ2) is 7.70. The van der Waals surface area contributed by atoms with Gasteiger partial charge in [-0.3, -0.25) is 0 Å². The minimum Gasteiger partial charge on any atom is -0.379 e. The lowest BCUT2D eigenvalue weighted by molar-refractivity contribution is -0.186. The predicted molar refractivity (Wildman–Crippen MR) is 105 cm³/mol. The summed E-state index contributed by atoms with van der Waals surface area (Å²) in [7, 11) is 0. The van der Waals surface area contributed by atoms with Crippen molar-refractivity contribution in [2.45, 2.75) is 43.9 Å². The van der Waals surface area contributed by atoms with Gasteiger partial charge in [0.25, 0.3) is 6.43 Å². The first-order chi connectivity index (χ1) is 14.5. The zero-order valence-corrected chi connectivity index (χ0v) is 17.6. The van der Waals surface area contributed by atoms with Crippen LogP contribution in [0.4, 0.5) is 22.0 Å². The zero-order valence-electron chi connectivity index (χ0n) is 16.0. The largest absolute Gasteiger partial charge is 0.394 e. The molecular weight excluding hydrogens is 487 g/mol. The second-order valence-electron chi connectivity index (χ2n) is 7.81. The van der Waals surface area contributed by atoms with E-state index in [4.69, 9.17) is 0 Å². The van der Waals surface area contributed by atoms with Crippen LogP contribution in [0.1, 0.15) is 29.9 Å². The highest BCUT2D eigenvalue weighted by molar-refractivity contribution is 9.10. The van der Waals surface area contributed by atoms with Gasteiger partial charge < -0.3 is 10.1 Å². The molecule has 1 aliphatic carbocycles. The molecule has 2 heterocycles. The van der Waals surface area contributed by atoms with E-state index < -0.39 is 30.0 Å². The van der Waals surface area contributed by atoms with Gasteiger partial charge in [-0.25, -0.2) is 18.4 Å². The molecule has 2 N–H and O–H groups in total. The smallest absolute Gasteiger partial charge is 0.379 e. The monoisotopic (exact) mass is 504 g/mol. The maximum Gasteiger partial charge on any atom is 0.394 e. The molecule has 0 amide bonds. The third-order valence-electron chi connectivity index (χ3n) is 5.68. The molecule has 2 aromatic heterocycles. The van der Waals surface area contributed by atoms with Crippen molar-refractivity contribution >= 4 is 15.9 Å². The van der Waals surface area contributed by atoms with Gasteiger partial charge in [0.2, 0.25) is 0 Å². The van der Waals surface area contributed by atoms with Crippen LogP contribution in [-0.4, -0.2) is 37.5 Å². The summed E-state index contributed by atoms with van der Waals surface area (Å²) in [6.45, 7) is 0. The fourth-order valence-electron chi connectivity index (χ4n) is 3.58. The molecule has 166 valence electrons. The van der Waals surface area contributed by atoms with Crippen LogP contribution in [0, 0.1) is 5.41 Å². The summed E-state index contributed by atoms with van der Waals surface area (Å²) in [4.78, 5) is 6.74. The number of nitrogens with one attached hydrogen (secondary N) is 1. The van der Waals surface area contributed by atoms with Crippen molar-refractivity contribution in [2.75, 3.05) is 0 Å². The second-order valence-corrected chi connectivity index (χ2v) is 8.56. The molecular formula is C20H18BrF5N4O. The summed E-state index contributed by atoms with van der Waals surface area (Å²) in [5.41, 5.74) is -3.62. The van der Waals surface area contributed by atoms with Crippen molar-refractivity contribution in [3.63, 3.8) is 0 Å². The van der Waals surface area contributed by atoms with Crippen molar-refractivity contribution in [1.29, 1.82) is 0 Å². The fourth-order valence-corrected chi connectivity index (χ4v) is 4.03. The minimum atomic E-state index is -4.35. The van der Waals surface area contributed by atoms with Crippen LogP contribution in [0.5, 0.6) is 0 Å². The van der Waals surface area contributed by atoms with Crippen molar-refractivity contribution in [1.82, 2.24) is 19.7 Å². The van der Waals surface area contributed by atoms with Crippen LogP contribution in [-0.2, 0) is 18.4 Å². The first-order valence-electron chi connectivity index (χ1n) is 9.45. The third-order valence-corrected chi connectivity index (χ3v) is 6.34. The Kier molecular flexibility index (Phi) is 5.45. The quantitative estimate of drug-likeness (QED) is 0.448. The predicted octanol–water partition coefficient (Wildman–Crippen LogP) is 4.94. The molecule has 0 bridgehead atoms. The number of aliphatic hydroxyl groups is 1. The van der Waals surface area contributed by atoms with Crippen LogP contribution in [0.2, 0.25) is 0 Å². The number of imidazole rings is 1. The molecule has 0 radical (unpaired) electrons. The molecule has 1 aromatic carbocycles. The maximum absolute atomic E-state index is 13.9. The van der Waals surface area contributed by atoms with Gasteiger partial charge >= 0.3 is 6.18 Å². The van der Waals surface area contributed by atoms with Gasteiger partial charge in [0.1, 0.15) is 10.4 Å². The van der Waals surface area contributed by atoms with E-state index >= 15 is 0 Å². The summed E-state index contributed by atoms with van der Waals surface area (Å²) >= 11 is 3.11. The first kappa shape index (κ1) is 21.9. The van der Waals surface area contributed by atoms with Crippen LogP contribution in [0.3, 0.4) is 0 Å². The highest BCUT2D eigenvalue weighted by Crippen LogP contribution is 2.59. The zero-order chi connectivity index (χ0) is 22.4. The molecule has 1 unspecified atom stereocenters. The highest BCUT2D eigenvalue weighted by atomic mass is 79.9. The van der Waals surface area contributed by atoms with E-state index in [0.29, 0.717) is 5.69 Å². The van der Waals surface area contributed by atoms with E-state index in [9.17, 15) is 27.1 Å². The van der Waals surface area contributed by atoms with E-state index in [2.05, 4.69) is 31.0 Å². The average molecular weight is 505 g/mol. The molecule has 1 fully saturated rings.